The summed E-state index contributed by atoms with van der Waals surface area (Å²) >= 11 is 0. The van der Waals surface area contributed by atoms with E-state index in [1.165, 1.54) is 0 Å². The number of carbonyl (C=O) groups excluding carboxylic acids is 1. The van der Waals surface area contributed by atoms with Crippen LogP contribution in [0.3, 0.4) is 0 Å². The number of hydrogen-bond donors (Lipinski definition) is 1. The molecule has 1 amide bonds. The lowest BCUT2D eigenvalue weighted by atomic mass is 9.88. The number of rotatable bonds is 4. The summed E-state index contributed by atoms with van der Waals surface area (Å²) in [5, 5.41) is 0. The Balaban J connectivity index is 2.02. The van der Waals surface area contributed by atoms with Gasteiger partial charge < -0.3 is 15.4 Å². The largest absolute Gasteiger partial charge is 0.374 e. The van der Waals surface area contributed by atoms with Crippen LogP contribution in [0.25, 0.3) is 0 Å². The standard InChI is InChI=1S/C15H28N2O2/c1-10-11(2)19-12(3)14(10)15(18)17-9-5-7-13(17)6-4-8-16/h10-14H,4-9,16H2,1-3H3. The molecule has 2 saturated heterocycles. The van der Waals surface area contributed by atoms with Crippen LogP contribution in [0.1, 0.15) is 46.5 Å². The third-order valence-corrected chi connectivity index (χ3v) is 4.93. The molecule has 2 aliphatic rings. The minimum atomic E-state index is 0.0356. The van der Waals surface area contributed by atoms with E-state index in [0.717, 1.165) is 38.8 Å². The fourth-order valence-electron chi connectivity index (χ4n) is 3.66. The van der Waals surface area contributed by atoms with E-state index >= 15 is 0 Å². The zero-order valence-electron chi connectivity index (χ0n) is 12.5. The highest BCUT2D eigenvalue weighted by atomic mass is 16.5. The second-order valence-corrected chi connectivity index (χ2v) is 6.19. The molecule has 2 heterocycles. The number of ether oxygens (including phenoxy) is 1. The molecule has 0 aromatic rings. The average Bonchev–Trinajstić information content (AvgIpc) is 2.92. The molecule has 2 N–H and O–H groups in total. The van der Waals surface area contributed by atoms with E-state index in [-0.39, 0.29) is 18.1 Å². The first kappa shape index (κ1) is 14.8. The smallest absolute Gasteiger partial charge is 0.228 e. The maximum absolute atomic E-state index is 12.8. The normalized spacial score (nSPS) is 38.9. The van der Waals surface area contributed by atoms with Crippen molar-refractivity contribution in [1.82, 2.24) is 4.90 Å². The minimum absolute atomic E-state index is 0.0356. The Morgan fingerprint density at radius 3 is 2.63 bits per heavy atom. The van der Waals surface area contributed by atoms with Crippen LogP contribution in [-0.2, 0) is 9.53 Å². The van der Waals surface area contributed by atoms with Crippen molar-refractivity contribution in [3.63, 3.8) is 0 Å². The number of nitrogens with zero attached hydrogens (tertiary/aromatic N) is 1. The Bertz CT molecular complexity index is 321. The summed E-state index contributed by atoms with van der Waals surface area (Å²) in [4.78, 5) is 14.9. The van der Waals surface area contributed by atoms with Crippen LogP contribution >= 0.6 is 0 Å². The van der Waals surface area contributed by atoms with Gasteiger partial charge in [-0.15, -0.1) is 0 Å². The molecule has 0 aromatic heterocycles. The Morgan fingerprint density at radius 1 is 1.32 bits per heavy atom. The van der Waals surface area contributed by atoms with Crippen LogP contribution in [0.15, 0.2) is 0 Å². The van der Waals surface area contributed by atoms with Gasteiger partial charge in [-0.3, -0.25) is 4.79 Å². The molecule has 2 aliphatic heterocycles. The van der Waals surface area contributed by atoms with E-state index < -0.39 is 0 Å². The summed E-state index contributed by atoms with van der Waals surface area (Å²) in [5.74, 6) is 0.663. The topological polar surface area (TPSA) is 55.6 Å². The molecule has 5 unspecified atom stereocenters. The van der Waals surface area contributed by atoms with Gasteiger partial charge in [0.1, 0.15) is 0 Å². The maximum atomic E-state index is 12.8. The molecule has 5 atom stereocenters. The van der Waals surface area contributed by atoms with Crippen molar-refractivity contribution in [2.45, 2.75) is 64.7 Å². The van der Waals surface area contributed by atoms with Gasteiger partial charge in [0.25, 0.3) is 0 Å². The third kappa shape index (κ3) is 2.95. The summed E-state index contributed by atoms with van der Waals surface area (Å²) in [6.07, 6.45) is 4.57. The van der Waals surface area contributed by atoms with Gasteiger partial charge in [-0.2, -0.15) is 0 Å². The molecule has 4 heteroatoms. The Morgan fingerprint density at radius 2 is 2.05 bits per heavy atom. The van der Waals surface area contributed by atoms with Crippen LogP contribution in [0.4, 0.5) is 0 Å². The Kier molecular flexibility index (Phi) is 4.85. The number of amides is 1. The van der Waals surface area contributed by atoms with Gasteiger partial charge >= 0.3 is 0 Å². The lowest BCUT2D eigenvalue weighted by molar-refractivity contribution is -0.138. The minimum Gasteiger partial charge on any atom is -0.374 e. The van der Waals surface area contributed by atoms with Crippen LogP contribution in [0, 0.1) is 11.8 Å². The van der Waals surface area contributed by atoms with E-state index in [1.807, 2.05) is 6.92 Å². The quantitative estimate of drug-likeness (QED) is 0.845. The zero-order valence-corrected chi connectivity index (χ0v) is 12.5. The highest BCUT2D eigenvalue weighted by Gasteiger charge is 2.45. The number of likely N-dealkylation sites (tertiary alicyclic amines) is 1. The summed E-state index contributed by atoms with van der Waals surface area (Å²) in [5.41, 5.74) is 5.59. The average molecular weight is 268 g/mol. The van der Waals surface area contributed by atoms with Crippen molar-refractivity contribution < 1.29 is 9.53 Å². The van der Waals surface area contributed by atoms with Crippen molar-refractivity contribution in [3.8, 4) is 0 Å². The zero-order chi connectivity index (χ0) is 14.0. The number of carbonyl (C=O) groups is 1. The van der Waals surface area contributed by atoms with Crippen molar-refractivity contribution in [1.29, 1.82) is 0 Å². The first-order chi connectivity index (χ1) is 9.06. The van der Waals surface area contributed by atoms with E-state index in [2.05, 4.69) is 18.7 Å². The SMILES string of the molecule is CC1OC(C)C(C(=O)N2CCCC2CCCN)C1C. The summed E-state index contributed by atoms with van der Waals surface area (Å²) in [6.45, 7) is 7.88. The predicted octanol–water partition coefficient (Wildman–Crippen LogP) is 1.78. The summed E-state index contributed by atoms with van der Waals surface area (Å²) in [7, 11) is 0. The molecule has 110 valence electrons. The summed E-state index contributed by atoms with van der Waals surface area (Å²) in [6, 6.07) is 0.409. The van der Waals surface area contributed by atoms with Crippen molar-refractivity contribution in [2.75, 3.05) is 13.1 Å². The molecule has 0 aromatic carbocycles. The highest BCUT2D eigenvalue weighted by Crippen LogP contribution is 2.35. The maximum Gasteiger partial charge on any atom is 0.228 e. The highest BCUT2D eigenvalue weighted by molar-refractivity contribution is 5.80. The predicted molar refractivity (Wildman–Crippen MR) is 75.7 cm³/mol. The van der Waals surface area contributed by atoms with Crippen molar-refractivity contribution >= 4 is 5.91 Å². The lowest BCUT2D eigenvalue weighted by Crippen LogP contribution is -2.43. The van der Waals surface area contributed by atoms with Crippen LogP contribution in [0.5, 0.6) is 0 Å². The molecule has 0 radical (unpaired) electrons. The van der Waals surface area contributed by atoms with Gasteiger partial charge in [-0.1, -0.05) is 6.92 Å². The first-order valence-electron chi connectivity index (χ1n) is 7.72. The summed E-state index contributed by atoms with van der Waals surface area (Å²) < 4.78 is 5.82. The number of hydrogen-bond acceptors (Lipinski definition) is 3. The molecule has 0 spiro atoms. The fourth-order valence-corrected chi connectivity index (χ4v) is 3.66. The molecule has 2 fully saturated rings. The molecular formula is C15H28N2O2. The molecule has 0 aliphatic carbocycles. The second kappa shape index (κ2) is 6.23. The van der Waals surface area contributed by atoms with Crippen LogP contribution in [-0.4, -0.2) is 42.1 Å². The van der Waals surface area contributed by atoms with Gasteiger partial charge in [-0.05, 0) is 52.0 Å². The molecule has 2 rings (SSSR count). The van der Waals surface area contributed by atoms with Gasteiger partial charge in [-0.25, -0.2) is 0 Å². The van der Waals surface area contributed by atoms with Crippen molar-refractivity contribution in [2.24, 2.45) is 17.6 Å². The third-order valence-electron chi connectivity index (χ3n) is 4.93. The Labute approximate surface area is 116 Å². The van der Waals surface area contributed by atoms with Gasteiger partial charge in [0.15, 0.2) is 0 Å². The van der Waals surface area contributed by atoms with E-state index in [4.69, 9.17) is 10.5 Å². The van der Waals surface area contributed by atoms with E-state index in [9.17, 15) is 4.79 Å². The van der Waals surface area contributed by atoms with Gasteiger partial charge in [0.05, 0.1) is 18.1 Å². The van der Waals surface area contributed by atoms with E-state index in [0.29, 0.717) is 17.9 Å². The van der Waals surface area contributed by atoms with Crippen LogP contribution in [0.2, 0.25) is 0 Å². The Hall–Kier alpha value is -0.610. The second-order valence-electron chi connectivity index (χ2n) is 6.19. The van der Waals surface area contributed by atoms with Crippen LogP contribution < -0.4 is 5.73 Å². The number of nitrogens with two attached hydrogens (primary N) is 1. The molecule has 0 bridgehead atoms. The van der Waals surface area contributed by atoms with Gasteiger partial charge in [0, 0.05) is 12.6 Å². The fraction of sp³-hybridized carbons (Fsp3) is 0.933. The van der Waals surface area contributed by atoms with Crippen molar-refractivity contribution in [3.05, 3.63) is 0 Å². The monoisotopic (exact) mass is 268 g/mol. The molecular weight excluding hydrogens is 240 g/mol. The molecule has 19 heavy (non-hydrogen) atoms. The lowest BCUT2D eigenvalue weighted by Gasteiger charge is -2.30. The van der Waals surface area contributed by atoms with Gasteiger partial charge in [0.2, 0.25) is 5.91 Å². The first-order valence-corrected chi connectivity index (χ1v) is 7.72. The molecule has 0 saturated carbocycles. The van der Waals surface area contributed by atoms with E-state index in [1.54, 1.807) is 0 Å². The molecule has 4 nitrogen and oxygen atoms in total.